The van der Waals surface area contributed by atoms with Crippen LogP contribution in [0.3, 0.4) is 0 Å². The molecule has 0 heterocycles. The third kappa shape index (κ3) is 5.30. The SMILES string of the molecule is CCC(C)C(C(=O)OCC(=O)Nc1ccc(F)cc1Cl)c1ccccc1. The Morgan fingerprint density at radius 3 is 2.50 bits per heavy atom. The molecule has 4 nitrogen and oxygen atoms in total. The number of hydrogen-bond acceptors (Lipinski definition) is 3. The molecule has 2 unspecified atom stereocenters. The Morgan fingerprint density at radius 2 is 1.88 bits per heavy atom. The predicted molar refractivity (Wildman–Crippen MR) is 99.6 cm³/mol. The molecular formula is C20H21ClFNO3. The summed E-state index contributed by atoms with van der Waals surface area (Å²) in [7, 11) is 0. The van der Waals surface area contributed by atoms with Crippen molar-refractivity contribution in [2.45, 2.75) is 26.2 Å². The first-order valence-corrected chi connectivity index (χ1v) is 8.76. The van der Waals surface area contributed by atoms with Crippen LogP contribution in [-0.2, 0) is 14.3 Å². The summed E-state index contributed by atoms with van der Waals surface area (Å²) in [4.78, 5) is 24.5. The van der Waals surface area contributed by atoms with Gasteiger partial charge in [0.25, 0.3) is 5.91 Å². The van der Waals surface area contributed by atoms with E-state index in [1.165, 1.54) is 12.1 Å². The highest BCUT2D eigenvalue weighted by Crippen LogP contribution is 2.28. The Morgan fingerprint density at radius 1 is 1.19 bits per heavy atom. The molecule has 0 aromatic heterocycles. The minimum Gasteiger partial charge on any atom is -0.455 e. The normalized spacial score (nSPS) is 12.9. The number of hydrogen-bond donors (Lipinski definition) is 1. The third-order valence-corrected chi connectivity index (χ3v) is 4.49. The smallest absolute Gasteiger partial charge is 0.314 e. The summed E-state index contributed by atoms with van der Waals surface area (Å²) in [5.41, 5.74) is 1.12. The molecule has 0 aliphatic carbocycles. The number of carbonyl (C=O) groups is 2. The molecule has 0 radical (unpaired) electrons. The van der Waals surface area contributed by atoms with Gasteiger partial charge in [0.2, 0.25) is 0 Å². The van der Waals surface area contributed by atoms with Gasteiger partial charge in [0, 0.05) is 0 Å². The second-order valence-electron chi connectivity index (χ2n) is 6.05. The van der Waals surface area contributed by atoms with E-state index in [0.29, 0.717) is 0 Å². The van der Waals surface area contributed by atoms with Gasteiger partial charge >= 0.3 is 5.97 Å². The molecular weight excluding hydrogens is 357 g/mol. The highest BCUT2D eigenvalue weighted by molar-refractivity contribution is 6.33. The molecule has 2 aromatic rings. The van der Waals surface area contributed by atoms with E-state index in [-0.39, 0.29) is 16.6 Å². The average molecular weight is 378 g/mol. The zero-order valence-electron chi connectivity index (χ0n) is 14.7. The van der Waals surface area contributed by atoms with Crippen LogP contribution in [0.4, 0.5) is 10.1 Å². The third-order valence-electron chi connectivity index (χ3n) is 4.18. The maximum absolute atomic E-state index is 13.0. The average Bonchev–Trinajstić information content (AvgIpc) is 2.63. The Kier molecular flexibility index (Phi) is 7.16. The van der Waals surface area contributed by atoms with Crippen molar-refractivity contribution in [3.05, 3.63) is 64.9 Å². The van der Waals surface area contributed by atoms with E-state index in [0.717, 1.165) is 18.1 Å². The molecule has 0 spiro atoms. The van der Waals surface area contributed by atoms with Gasteiger partial charge in [-0.25, -0.2) is 4.39 Å². The molecule has 0 bridgehead atoms. The largest absolute Gasteiger partial charge is 0.455 e. The molecule has 0 saturated carbocycles. The highest BCUT2D eigenvalue weighted by Gasteiger charge is 2.27. The Bertz CT molecular complexity index is 767. The predicted octanol–water partition coefficient (Wildman–Crippen LogP) is 4.79. The minimum atomic E-state index is -0.539. The number of halogens is 2. The van der Waals surface area contributed by atoms with Crippen LogP contribution in [0.15, 0.2) is 48.5 Å². The van der Waals surface area contributed by atoms with E-state index in [2.05, 4.69) is 5.32 Å². The number of esters is 1. The van der Waals surface area contributed by atoms with Gasteiger partial charge in [-0.3, -0.25) is 9.59 Å². The summed E-state index contributed by atoms with van der Waals surface area (Å²) in [5, 5.41) is 2.58. The van der Waals surface area contributed by atoms with Crippen molar-refractivity contribution in [3.63, 3.8) is 0 Å². The molecule has 2 aromatic carbocycles. The van der Waals surface area contributed by atoms with Gasteiger partial charge in [-0.2, -0.15) is 0 Å². The van der Waals surface area contributed by atoms with E-state index in [4.69, 9.17) is 16.3 Å². The van der Waals surface area contributed by atoms with Crippen LogP contribution in [0.1, 0.15) is 31.7 Å². The molecule has 0 fully saturated rings. The standard InChI is InChI=1S/C20H21ClFNO3/c1-3-13(2)19(14-7-5-4-6-8-14)20(25)26-12-18(24)23-17-10-9-15(22)11-16(17)21/h4-11,13,19H,3,12H2,1-2H3,(H,23,24). The fraction of sp³-hybridized carbons (Fsp3) is 0.300. The number of anilines is 1. The fourth-order valence-electron chi connectivity index (χ4n) is 2.60. The fourth-order valence-corrected chi connectivity index (χ4v) is 2.81. The van der Waals surface area contributed by atoms with E-state index in [9.17, 15) is 14.0 Å². The zero-order chi connectivity index (χ0) is 19.1. The maximum Gasteiger partial charge on any atom is 0.314 e. The molecule has 0 saturated heterocycles. The van der Waals surface area contributed by atoms with Crippen LogP contribution >= 0.6 is 11.6 Å². The lowest BCUT2D eigenvalue weighted by Crippen LogP contribution is -2.27. The molecule has 26 heavy (non-hydrogen) atoms. The summed E-state index contributed by atoms with van der Waals surface area (Å²) < 4.78 is 18.2. The van der Waals surface area contributed by atoms with Gasteiger partial charge in [-0.1, -0.05) is 62.2 Å². The summed E-state index contributed by atoms with van der Waals surface area (Å²) in [5.74, 6) is -1.87. The molecule has 2 rings (SSSR count). The lowest BCUT2D eigenvalue weighted by Gasteiger charge is -2.21. The van der Waals surface area contributed by atoms with Crippen LogP contribution in [0.2, 0.25) is 5.02 Å². The quantitative estimate of drug-likeness (QED) is 0.706. The van der Waals surface area contributed by atoms with Gasteiger partial charge in [-0.05, 0) is 29.7 Å². The molecule has 2 atom stereocenters. The Hall–Kier alpha value is -2.40. The first-order valence-electron chi connectivity index (χ1n) is 8.38. The van der Waals surface area contributed by atoms with Crippen molar-refractivity contribution >= 4 is 29.2 Å². The molecule has 1 N–H and O–H groups in total. The maximum atomic E-state index is 13.0. The van der Waals surface area contributed by atoms with Crippen molar-refractivity contribution in [2.75, 3.05) is 11.9 Å². The zero-order valence-corrected chi connectivity index (χ0v) is 15.4. The van der Waals surface area contributed by atoms with Crippen molar-refractivity contribution in [1.82, 2.24) is 0 Å². The molecule has 6 heteroatoms. The van der Waals surface area contributed by atoms with Crippen molar-refractivity contribution in [3.8, 4) is 0 Å². The number of carbonyl (C=O) groups excluding carboxylic acids is 2. The number of ether oxygens (including phenoxy) is 1. The van der Waals surface area contributed by atoms with Crippen LogP contribution in [0, 0.1) is 11.7 Å². The molecule has 1 amide bonds. The van der Waals surface area contributed by atoms with Gasteiger partial charge < -0.3 is 10.1 Å². The van der Waals surface area contributed by atoms with E-state index in [1.807, 2.05) is 44.2 Å². The van der Waals surface area contributed by atoms with Gasteiger partial charge in [0.15, 0.2) is 6.61 Å². The monoisotopic (exact) mass is 377 g/mol. The number of benzene rings is 2. The number of amides is 1. The summed E-state index contributed by atoms with van der Waals surface area (Å²) in [6.45, 7) is 3.53. The molecule has 138 valence electrons. The van der Waals surface area contributed by atoms with Crippen molar-refractivity contribution in [1.29, 1.82) is 0 Å². The molecule has 0 aliphatic rings. The van der Waals surface area contributed by atoms with Gasteiger partial charge in [-0.15, -0.1) is 0 Å². The van der Waals surface area contributed by atoms with Crippen LogP contribution < -0.4 is 5.32 Å². The van der Waals surface area contributed by atoms with Crippen LogP contribution in [0.25, 0.3) is 0 Å². The second kappa shape index (κ2) is 9.34. The van der Waals surface area contributed by atoms with E-state index >= 15 is 0 Å². The summed E-state index contributed by atoms with van der Waals surface area (Å²) in [6.07, 6.45) is 0.798. The van der Waals surface area contributed by atoms with Gasteiger partial charge in [0.1, 0.15) is 5.82 Å². The summed E-state index contributed by atoms with van der Waals surface area (Å²) in [6, 6.07) is 13.0. The summed E-state index contributed by atoms with van der Waals surface area (Å²) >= 11 is 5.86. The number of rotatable bonds is 7. The first kappa shape index (κ1) is 19.9. The van der Waals surface area contributed by atoms with Crippen molar-refractivity contribution < 1.29 is 18.7 Å². The Labute approximate surface area is 157 Å². The van der Waals surface area contributed by atoms with Crippen LogP contribution in [-0.4, -0.2) is 18.5 Å². The first-order chi connectivity index (χ1) is 12.4. The minimum absolute atomic E-state index is 0.0690. The lowest BCUT2D eigenvalue weighted by atomic mass is 9.86. The highest BCUT2D eigenvalue weighted by atomic mass is 35.5. The van der Waals surface area contributed by atoms with Crippen molar-refractivity contribution in [2.24, 2.45) is 5.92 Å². The topological polar surface area (TPSA) is 55.4 Å². The van der Waals surface area contributed by atoms with E-state index < -0.39 is 30.2 Å². The molecule has 0 aliphatic heterocycles. The second-order valence-corrected chi connectivity index (χ2v) is 6.46. The lowest BCUT2D eigenvalue weighted by molar-refractivity contribution is -0.150. The van der Waals surface area contributed by atoms with Gasteiger partial charge in [0.05, 0.1) is 16.6 Å². The van der Waals surface area contributed by atoms with E-state index in [1.54, 1.807) is 0 Å². The Balaban J connectivity index is 1.99. The number of nitrogens with one attached hydrogen (secondary N) is 1. The van der Waals surface area contributed by atoms with Crippen LogP contribution in [0.5, 0.6) is 0 Å².